The first-order valence-electron chi connectivity index (χ1n) is 4.54. The minimum atomic E-state index is -0.538. The molecule has 82 valence electrons. The second-order valence-corrected chi connectivity index (χ2v) is 3.05. The van der Waals surface area contributed by atoms with Crippen molar-refractivity contribution in [3.05, 3.63) is 35.4 Å². The van der Waals surface area contributed by atoms with Crippen molar-refractivity contribution in [2.75, 3.05) is 6.54 Å². The Balaban J connectivity index is 2.57. The van der Waals surface area contributed by atoms with E-state index in [0.717, 1.165) is 18.2 Å². The summed E-state index contributed by atoms with van der Waals surface area (Å²) in [7, 11) is 0. The Morgan fingerprint density at radius 3 is 2.80 bits per heavy atom. The number of carbonyl (C=O) groups excluding carboxylic acids is 1. The van der Waals surface area contributed by atoms with Gasteiger partial charge in [-0.05, 0) is 18.2 Å². The van der Waals surface area contributed by atoms with Crippen LogP contribution >= 0.6 is 0 Å². The van der Waals surface area contributed by atoms with Crippen molar-refractivity contribution in [1.29, 1.82) is 0 Å². The van der Waals surface area contributed by atoms with Gasteiger partial charge in [-0.1, -0.05) is 0 Å². The number of carbonyl (C=O) groups is 1. The fraction of sp³-hybridized carbons (Fsp3) is 0.300. The molecule has 0 aliphatic heterocycles. The van der Waals surface area contributed by atoms with Crippen LogP contribution in [0.4, 0.5) is 8.78 Å². The van der Waals surface area contributed by atoms with E-state index in [1.165, 1.54) is 0 Å². The largest absolute Gasteiger partial charge is 0.352 e. The lowest BCUT2D eigenvalue weighted by Gasteiger charge is -2.05. The lowest BCUT2D eigenvalue weighted by Crippen LogP contribution is -2.25. The molecule has 0 aliphatic rings. The van der Waals surface area contributed by atoms with Gasteiger partial charge in [0, 0.05) is 25.1 Å². The first-order chi connectivity index (χ1) is 7.13. The molecule has 3 nitrogen and oxygen atoms in total. The third-order valence-electron chi connectivity index (χ3n) is 1.86. The average molecular weight is 214 g/mol. The number of hydrogen-bond donors (Lipinski definition) is 2. The highest BCUT2D eigenvalue weighted by Crippen LogP contribution is 2.08. The maximum atomic E-state index is 13.1. The lowest BCUT2D eigenvalue weighted by atomic mass is 10.2. The molecule has 3 N–H and O–H groups in total. The zero-order chi connectivity index (χ0) is 11.3. The third kappa shape index (κ3) is 3.63. The average Bonchev–Trinajstić information content (AvgIpc) is 2.20. The van der Waals surface area contributed by atoms with E-state index in [1.54, 1.807) is 0 Å². The standard InChI is InChI=1S/C10H12F2N2O/c11-8-1-2-9(12)7(5-8)6-14-10(15)3-4-13/h1-2,5H,3-4,6,13H2,(H,14,15). The summed E-state index contributed by atoms with van der Waals surface area (Å²) >= 11 is 0. The molecule has 5 heteroatoms. The van der Waals surface area contributed by atoms with Crippen LogP contribution < -0.4 is 11.1 Å². The van der Waals surface area contributed by atoms with Gasteiger partial charge in [-0.3, -0.25) is 4.79 Å². The highest BCUT2D eigenvalue weighted by atomic mass is 19.1. The maximum absolute atomic E-state index is 13.1. The summed E-state index contributed by atoms with van der Waals surface area (Å²) in [5.74, 6) is -1.34. The Morgan fingerprint density at radius 2 is 2.13 bits per heavy atom. The van der Waals surface area contributed by atoms with Crippen LogP contribution in [0, 0.1) is 11.6 Å². The highest BCUT2D eigenvalue weighted by molar-refractivity contribution is 5.76. The van der Waals surface area contributed by atoms with Crippen LogP contribution in [-0.4, -0.2) is 12.5 Å². The lowest BCUT2D eigenvalue weighted by molar-refractivity contribution is -0.121. The summed E-state index contributed by atoms with van der Waals surface area (Å²) in [5.41, 5.74) is 5.28. The summed E-state index contributed by atoms with van der Waals surface area (Å²) in [6.07, 6.45) is 0.178. The predicted molar refractivity (Wildman–Crippen MR) is 51.9 cm³/mol. The molecule has 0 aromatic heterocycles. The minimum absolute atomic E-state index is 0.0254. The fourth-order valence-corrected chi connectivity index (χ4v) is 1.09. The molecule has 1 aromatic rings. The molecule has 0 unspecified atom stereocenters. The van der Waals surface area contributed by atoms with Gasteiger partial charge in [-0.15, -0.1) is 0 Å². The number of nitrogens with two attached hydrogens (primary N) is 1. The summed E-state index contributed by atoms with van der Waals surface area (Å²) in [5, 5.41) is 2.44. The van der Waals surface area contributed by atoms with Crippen LogP contribution in [0.5, 0.6) is 0 Å². The van der Waals surface area contributed by atoms with Crippen LogP contribution in [0.2, 0.25) is 0 Å². The van der Waals surface area contributed by atoms with Crippen LogP contribution in [0.25, 0.3) is 0 Å². The van der Waals surface area contributed by atoms with Crippen LogP contribution in [-0.2, 0) is 11.3 Å². The van der Waals surface area contributed by atoms with Gasteiger partial charge < -0.3 is 11.1 Å². The van der Waals surface area contributed by atoms with Crippen molar-refractivity contribution in [3.8, 4) is 0 Å². The van der Waals surface area contributed by atoms with Crippen molar-refractivity contribution >= 4 is 5.91 Å². The normalized spacial score (nSPS) is 10.1. The van der Waals surface area contributed by atoms with Crippen molar-refractivity contribution in [1.82, 2.24) is 5.32 Å². The summed E-state index contributed by atoms with van der Waals surface area (Å²) in [6.45, 7) is 0.208. The van der Waals surface area contributed by atoms with Crippen molar-refractivity contribution in [2.45, 2.75) is 13.0 Å². The molecule has 1 amide bonds. The molecule has 0 saturated heterocycles. The molecule has 15 heavy (non-hydrogen) atoms. The number of benzene rings is 1. The number of halogens is 2. The molecule has 0 aliphatic carbocycles. The van der Waals surface area contributed by atoms with Gasteiger partial charge >= 0.3 is 0 Å². The molecule has 0 saturated carbocycles. The molecule has 0 heterocycles. The van der Waals surface area contributed by atoms with Gasteiger partial charge in [0.1, 0.15) is 11.6 Å². The molecular weight excluding hydrogens is 202 g/mol. The Morgan fingerprint density at radius 1 is 1.40 bits per heavy atom. The third-order valence-corrected chi connectivity index (χ3v) is 1.86. The molecule has 0 bridgehead atoms. The molecular formula is C10H12F2N2O. The van der Waals surface area contributed by atoms with E-state index in [9.17, 15) is 13.6 Å². The van der Waals surface area contributed by atoms with E-state index >= 15 is 0 Å². The van der Waals surface area contributed by atoms with E-state index in [4.69, 9.17) is 5.73 Å². The van der Waals surface area contributed by atoms with Gasteiger partial charge in [0.25, 0.3) is 0 Å². The Bertz CT molecular complexity index is 355. The molecule has 0 radical (unpaired) electrons. The second-order valence-electron chi connectivity index (χ2n) is 3.05. The smallest absolute Gasteiger partial charge is 0.221 e. The Labute approximate surface area is 86.3 Å². The van der Waals surface area contributed by atoms with Gasteiger partial charge in [-0.25, -0.2) is 8.78 Å². The zero-order valence-electron chi connectivity index (χ0n) is 8.09. The quantitative estimate of drug-likeness (QED) is 0.783. The number of rotatable bonds is 4. The molecule has 0 atom stereocenters. The minimum Gasteiger partial charge on any atom is -0.352 e. The number of hydrogen-bond acceptors (Lipinski definition) is 2. The zero-order valence-corrected chi connectivity index (χ0v) is 8.09. The first-order valence-corrected chi connectivity index (χ1v) is 4.54. The fourth-order valence-electron chi connectivity index (χ4n) is 1.09. The summed E-state index contributed by atoms with van der Waals surface area (Å²) in [4.78, 5) is 11.0. The van der Waals surface area contributed by atoms with Crippen molar-refractivity contribution < 1.29 is 13.6 Å². The van der Waals surface area contributed by atoms with Gasteiger partial charge in [-0.2, -0.15) is 0 Å². The molecule has 1 aromatic carbocycles. The summed E-state index contributed by atoms with van der Waals surface area (Å²) in [6, 6.07) is 3.11. The van der Waals surface area contributed by atoms with Gasteiger partial charge in [0.05, 0.1) is 0 Å². The molecule has 1 rings (SSSR count). The Hall–Kier alpha value is -1.49. The van der Waals surface area contributed by atoms with E-state index in [0.29, 0.717) is 0 Å². The summed E-state index contributed by atoms with van der Waals surface area (Å²) < 4.78 is 25.8. The molecule has 0 spiro atoms. The van der Waals surface area contributed by atoms with Crippen molar-refractivity contribution in [2.24, 2.45) is 5.73 Å². The number of nitrogens with one attached hydrogen (secondary N) is 1. The topological polar surface area (TPSA) is 55.1 Å². The first kappa shape index (κ1) is 11.6. The monoisotopic (exact) mass is 214 g/mol. The van der Waals surface area contributed by atoms with Crippen LogP contribution in [0.3, 0.4) is 0 Å². The van der Waals surface area contributed by atoms with Gasteiger partial charge in [0.15, 0.2) is 0 Å². The second kappa shape index (κ2) is 5.41. The number of amides is 1. The Kier molecular flexibility index (Phi) is 4.17. The van der Waals surface area contributed by atoms with Gasteiger partial charge in [0.2, 0.25) is 5.91 Å². The molecule has 0 fully saturated rings. The predicted octanol–water partition coefficient (Wildman–Crippen LogP) is 0.930. The maximum Gasteiger partial charge on any atom is 0.221 e. The van der Waals surface area contributed by atoms with Crippen LogP contribution in [0.15, 0.2) is 18.2 Å². The van der Waals surface area contributed by atoms with Crippen LogP contribution in [0.1, 0.15) is 12.0 Å². The van der Waals surface area contributed by atoms with E-state index in [2.05, 4.69) is 5.32 Å². The van der Waals surface area contributed by atoms with E-state index in [1.807, 2.05) is 0 Å². The highest BCUT2D eigenvalue weighted by Gasteiger charge is 2.05. The SMILES string of the molecule is NCCC(=O)NCc1cc(F)ccc1F. The van der Waals surface area contributed by atoms with Crippen molar-refractivity contribution in [3.63, 3.8) is 0 Å². The van der Waals surface area contributed by atoms with E-state index in [-0.39, 0.29) is 31.0 Å². The van der Waals surface area contributed by atoms with E-state index < -0.39 is 11.6 Å².